The number of nitrogen functional groups attached to an aromatic ring is 2. The van der Waals surface area contributed by atoms with Gasteiger partial charge < -0.3 is 16.0 Å². The predicted octanol–water partition coefficient (Wildman–Crippen LogP) is 2.68. The number of benzene rings is 1. The van der Waals surface area contributed by atoms with E-state index in [9.17, 15) is 4.21 Å². The van der Waals surface area contributed by atoms with Gasteiger partial charge >= 0.3 is 0 Å². The molecule has 1 aliphatic carbocycles. The molecule has 1 saturated carbocycles. The molecule has 1 aliphatic rings. The molecule has 1 atom stereocenters. The first-order chi connectivity index (χ1) is 11.0. The van der Waals surface area contributed by atoms with Crippen LogP contribution in [-0.4, -0.2) is 15.4 Å². The summed E-state index contributed by atoms with van der Waals surface area (Å²) < 4.78 is 21.1. The standard InChI is InChI=1S/C16H22N4O2S/c1-9-15(10(2)22-19-9)11-7-13(17)16(18)14(8-11)23(21)20-12-5-3-4-6-12/h7-8,12,20H,3-6,17-18H2,1-2H3. The van der Waals surface area contributed by atoms with E-state index in [1.165, 1.54) is 12.8 Å². The average molecular weight is 334 g/mol. The van der Waals surface area contributed by atoms with Gasteiger partial charge in [-0.3, -0.25) is 0 Å². The van der Waals surface area contributed by atoms with Crippen molar-refractivity contribution in [1.29, 1.82) is 0 Å². The van der Waals surface area contributed by atoms with Crippen molar-refractivity contribution in [3.63, 3.8) is 0 Å². The number of nitrogens with one attached hydrogen (secondary N) is 1. The Morgan fingerprint density at radius 1 is 1.26 bits per heavy atom. The molecule has 0 amide bonds. The van der Waals surface area contributed by atoms with Crippen LogP contribution in [0.4, 0.5) is 11.4 Å². The minimum Gasteiger partial charge on any atom is -0.397 e. The monoisotopic (exact) mass is 334 g/mol. The minimum absolute atomic E-state index is 0.277. The Hall–Kier alpha value is -1.86. The van der Waals surface area contributed by atoms with Gasteiger partial charge in [0.05, 0.1) is 22.0 Å². The van der Waals surface area contributed by atoms with Gasteiger partial charge in [0, 0.05) is 11.6 Å². The molecule has 2 aromatic rings. The third-order valence-corrected chi connectivity index (χ3v) is 5.61. The molecular weight excluding hydrogens is 312 g/mol. The first-order valence-electron chi connectivity index (χ1n) is 7.77. The first-order valence-corrected chi connectivity index (χ1v) is 8.92. The molecule has 1 heterocycles. The summed E-state index contributed by atoms with van der Waals surface area (Å²) in [7, 11) is -1.39. The first kappa shape index (κ1) is 16.0. The molecule has 1 fully saturated rings. The molecule has 0 bridgehead atoms. The topological polar surface area (TPSA) is 107 Å². The smallest absolute Gasteiger partial charge is 0.141 e. The van der Waals surface area contributed by atoms with Crippen LogP contribution in [0.1, 0.15) is 37.1 Å². The quantitative estimate of drug-likeness (QED) is 0.745. The normalized spacial score (nSPS) is 16.8. The van der Waals surface area contributed by atoms with Crippen LogP contribution in [0.3, 0.4) is 0 Å². The molecule has 124 valence electrons. The molecule has 23 heavy (non-hydrogen) atoms. The average Bonchev–Trinajstić information content (AvgIpc) is 3.12. The SMILES string of the molecule is Cc1noc(C)c1-c1cc(N)c(N)c(S(=O)NC2CCCC2)c1. The van der Waals surface area contributed by atoms with Gasteiger partial charge in [0.15, 0.2) is 0 Å². The van der Waals surface area contributed by atoms with Crippen molar-refractivity contribution >= 4 is 22.4 Å². The Morgan fingerprint density at radius 2 is 1.96 bits per heavy atom. The van der Waals surface area contributed by atoms with Crippen LogP contribution in [0.15, 0.2) is 21.6 Å². The van der Waals surface area contributed by atoms with Crippen molar-refractivity contribution in [2.75, 3.05) is 11.5 Å². The van der Waals surface area contributed by atoms with Gasteiger partial charge in [-0.25, -0.2) is 8.93 Å². The van der Waals surface area contributed by atoms with Gasteiger partial charge in [-0.05, 0) is 44.4 Å². The summed E-state index contributed by atoms with van der Waals surface area (Å²) in [5, 5.41) is 3.96. The molecule has 5 N–H and O–H groups in total. The Balaban J connectivity index is 1.98. The fraction of sp³-hybridized carbons (Fsp3) is 0.438. The lowest BCUT2D eigenvalue weighted by Gasteiger charge is -2.15. The second kappa shape index (κ2) is 6.33. The zero-order valence-electron chi connectivity index (χ0n) is 13.4. The number of aromatic nitrogens is 1. The zero-order chi connectivity index (χ0) is 16.6. The van der Waals surface area contributed by atoms with Crippen LogP contribution in [0.25, 0.3) is 11.1 Å². The van der Waals surface area contributed by atoms with E-state index in [4.69, 9.17) is 16.0 Å². The number of hydrogen-bond donors (Lipinski definition) is 3. The highest BCUT2D eigenvalue weighted by Gasteiger charge is 2.21. The van der Waals surface area contributed by atoms with E-state index >= 15 is 0 Å². The minimum atomic E-state index is -1.39. The molecule has 1 unspecified atom stereocenters. The maximum absolute atomic E-state index is 12.7. The van der Waals surface area contributed by atoms with Crippen LogP contribution in [-0.2, 0) is 11.0 Å². The van der Waals surface area contributed by atoms with Gasteiger partial charge in [-0.15, -0.1) is 0 Å². The van der Waals surface area contributed by atoms with E-state index in [0.717, 1.165) is 29.7 Å². The van der Waals surface area contributed by atoms with E-state index in [0.29, 0.717) is 22.0 Å². The Bertz CT molecular complexity index is 731. The summed E-state index contributed by atoms with van der Waals surface area (Å²) in [4.78, 5) is 0.520. The highest BCUT2D eigenvalue weighted by atomic mass is 32.2. The molecule has 7 heteroatoms. The molecule has 0 aliphatic heterocycles. The van der Waals surface area contributed by atoms with E-state index in [1.54, 1.807) is 6.07 Å². The Morgan fingerprint density at radius 3 is 2.57 bits per heavy atom. The van der Waals surface area contributed by atoms with Crippen molar-refractivity contribution in [1.82, 2.24) is 9.88 Å². The maximum Gasteiger partial charge on any atom is 0.141 e. The summed E-state index contributed by atoms with van der Waals surface area (Å²) in [6.07, 6.45) is 4.44. The van der Waals surface area contributed by atoms with Gasteiger partial charge in [0.25, 0.3) is 0 Å². The van der Waals surface area contributed by atoms with Gasteiger partial charge in [-0.1, -0.05) is 18.0 Å². The van der Waals surface area contributed by atoms with Gasteiger partial charge in [-0.2, -0.15) is 0 Å². The van der Waals surface area contributed by atoms with Crippen LogP contribution in [0.5, 0.6) is 0 Å². The molecular formula is C16H22N4O2S. The lowest BCUT2D eigenvalue weighted by atomic mass is 10.0. The number of anilines is 2. The highest BCUT2D eigenvalue weighted by molar-refractivity contribution is 7.83. The summed E-state index contributed by atoms with van der Waals surface area (Å²) in [6, 6.07) is 3.87. The zero-order valence-corrected chi connectivity index (χ0v) is 14.2. The lowest BCUT2D eigenvalue weighted by Crippen LogP contribution is -2.28. The highest BCUT2D eigenvalue weighted by Crippen LogP contribution is 2.34. The predicted molar refractivity (Wildman–Crippen MR) is 92.0 cm³/mol. The summed E-state index contributed by atoms with van der Waals surface area (Å²) in [5.41, 5.74) is 15.3. The van der Waals surface area contributed by atoms with E-state index in [-0.39, 0.29) is 6.04 Å². The van der Waals surface area contributed by atoms with Crippen molar-refractivity contribution < 1.29 is 8.73 Å². The molecule has 1 aromatic carbocycles. The lowest BCUT2D eigenvalue weighted by molar-refractivity contribution is 0.393. The van der Waals surface area contributed by atoms with Crippen LogP contribution in [0, 0.1) is 13.8 Å². The third kappa shape index (κ3) is 3.11. The number of nitrogens with two attached hydrogens (primary N) is 2. The van der Waals surface area contributed by atoms with Crippen molar-refractivity contribution in [2.24, 2.45) is 0 Å². The van der Waals surface area contributed by atoms with Crippen molar-refractivity contribution in [3.05, 3.63) is 23.6 Å². The van der Waals surface area contributed by atoms with E-state index in [2.05, 4.69) is 9.88 Å². The second-order valence-electron chi connectivity index (χ2n) is 6.04. The molecule has 0 spiro atoms. The second-order valence-corrected chi connectivity index (χ2v) is 7.26. The molecule has 0 saturated heterocycles. The molecule has 1 aromatic heterocycles. The molecule has 3 rings (SSSR count). The van der Waals surface area contributed by atoms with Crippen molar-refractivity contribution in [3.8, 4) is 11.1 Å². The molecule has 0 radical (unpaired) electrons. The van der Waals surface area contributed by atoms with Crippen molar-refractivity contribution in [2.45, 2.75) is 50.5 Å². The summed E-state index contributed by atoms with van der Waals surface area (Å²) in [6.45, 7) is 3.71. The largest absolute Gasteiger partial charge is 0.397 e. The fourth-order valence-corrected chi connectivity index (χ4v) is 4.32. The summed E-state index contributed by atoms with van der Waals surface area (Å²) >= 11 is 0. The Labute approximate surface area is 138 Å². The van der Waals surface area contributed by atoms with Gasteiger partial charge in [0.1, 0.15) is 16.7 Å². The Kier molecular flexibility index (Phi) is 4.41. The number of hydrogen-bond acceptors (Lipinski definition) is 5. The van der Waals surface area contributed by atoms with E-state index < -0.39 is 11.0 Å². The van der Waals surface area contributed by atoms with Gasteiger partial charge in [0.2, 0.25) is 0 Å². The van der Waals surface area contributed by atoms with Crippen LogP contribution in [0.2, 0.25) is 0 Å². The fourth-order valence-electron chi connectivity index (χ4n) is 3.10. The number of rotatable bonds is 4. The van der Waals surface area contributed by atoms with Crippen LogP contribution >= 0.6 is 0 Å². The maximum atomic E-state index is 12.7. The molecule has 6 nitrogen and oxygen atoms in total. The van der Waals surface area contributed by atoms with Crippen LogP contribution < -0.4 is 16.2 Å². The van der Waals surface area contributed by atoms with E-state index in [1.807, 2.05) is 19.9 Å². The number of aryl methyl sites for hydroxylation is 2. The third-order valence-electron chi connectivity index (χ3n) is 4.32. The number of nitrogens with zero attached hydrogens (tertiary/aromatic N) is 1. The summed E-state index contributed by atoms with van der Waals surface area (Å²) in [5.74, 6) is 0.701.